The van der Waals surface area contributed by atoms with Crippen molar-refractivity contribution in [3.05, 3.63) is 106 Å². The SMILES string of the molecule is CCC1CC[C@H]2c3nc(CCc4ccc(C(F)(F)F)cc4)c(C(=O)O)c(-c4ccc(C(=O)NCc5cccnc5)o4)c3C(=O)N12. The molecular weight excluding hydrogens is 589 g/mol. The number of rotatable bonds is 9. The second kappa shape index (κ2) is 11.8. The van der Waals surface area contributed by atoms with E-state index in [1.54, 1.807) is 29.4 Å². The Morgan fingerprint density at radius 1 is 1.04 bits per heavy atom. The Hall–Kier alpha value is -5.00. The van der Waals surface area contributed by atoms with E-state index in [1.807, 2.05) is 6.92 Å². The highest BCUT2D eigenvalue weighted by atomic mass is 19.4. The number of fused-ring (bicyclic) bond motifs is 3. The normalized spacial score (nSPS) is 17.3. The molecule has 232 valence electrons. The quantitative estimate of drug-likeness (QED) is 0.228. The molecule has 5 heterocycles. The molecule has 9 nitrogen and oxygen atoms in total. The lowest BCUT2D eigenvalue weighted by Crippen LogP contribution is -2.31. The Labute approximate surface area is 256 Å². The average molecular weight is 619 g/mol. The molecule has 4 aromatic rings. The molecule has 0 spiro atoms. The van der Waals surface area contributed by atoms with Gasteiger partial charge in [0.15, 0.2) is 5.76 Å². The molecule has 0 aliphatic carbocycles. The van der Waals surface area contributed by atoms with E-state index in [2.05, 4.69) is 10.3 Å². The topological polar surface area (TPSA) is 126 Å². The van der Waals surface area contributed by atoms with Gasteiger partial charge in [-0.3, -0.25) is 19.6 Å². The average Bonchev–Trinajstić information content (AvgIpc) is 3.75. The second-order valence-electron chi connectivity index (χ2n) is 11.1. The third kappa shape index (κ3) is 5.67. The highest BCUT2D eigenvalue weighted by Gasteiger charge is 2.48. The maximum absolute atomic E-state index is 13.9. The van der Waals surface area contributed by atoms with Gasteiger partial charge in [0, 0.05) is 30.5 Å². The lowest BCUT2D eigenvalue weighted by atomic mass is 9.92. The number of amides is 2. The fourth-order valence-electron chi connectivity index (χ4n) is 6.25. The lowest BCUT2D eigenvalue weighted by Gasteiger charge is -2.22. The summed E-state index contributed by atoms with van der Waals surface area (Å²) in [4.78, 5) is 50.2. The van der Waals surface area contributed by atoms with Crippen molar-refractivity contribution in [2.24, 2.45) is 0 Å². The van der Waals surface area contributed by atoms with Gasteiger partial charge >= 0.3 is 12.1 Å². The summed E-state index contributed by atoms with van der Waals surface area (Å²) in [6, 6.07) is 10.7. The van der Waals surface area contributed by atoms with E-state index >= 15 is 0 Å². The van der Waals surface area contributed by atoms with Crippen LogP contribution < -0.4 is 5.32 Å². The highest BCUT2D eigenvalue weighted by molar-refractivity contribution is 6.10. The minimum absolute atomic E-state index is 0.0289. The maximum Gasteiger partial charge on any atom is 0.416 e. The van der Waals surface area contributed by atoms with Crippen LogP contribution in [0.1, 0.15) is 91.6 Å². The van der Waals surface area contributed by atoms with Crippen molar-refractivity contribution in [1.82, 2.24) is 20.2 Å². The van der Waals surface area contributed by atoms with Gasteiger partial charge in [0.25, 0.3) is 11.8 Å². The number of benzene rings is 1. The van der Waals surface area contributed by atoms with Gasteiger partial charge < -0.3 is 19.7 Å². The minimum Gasteiger partial charge on any atom is -0.478 e. The number of aromatic nitrogens is 2. The van der Waals surface area contributed by atoms with Crippen molar-refractivity contribution in [2.75, 3.05) is 0 Å². The molecule has 2 N–H and O–H groups in total. The zero-order valence-electron chi connectivity index (χ0n) is 24.2. The smallest absolute Gasteiger partial charge is 0.416 e. The summed E-state index contributed by atoms with van der Waals surface area (Å²) in [7, 11) is 0. The van der Waals surface area contributed by atoms with Crippen molar-refractivity contribution < 1.29 is 37.1 Å². The van der Waals surface area contributed by atoms with Crippen LogP contribution in [0.5, 0.6) is 0 Å². The molecule has 0 bridgehead atoms. The number of alkyl halides is 3. The Balaban J connectivity index is 1.39. The number of carbonyl (C=O) groups is 3. The van der Waals surface area contributed by atoms with Crippen LogP contribution in [0.25, 0.3) is 11.3 Å². The Kier molecular flexibility index (Phi) is 7.90. The number of aryl methyl sites for hydroxylation is 2. The van der Waals surface area contributed by atoms with Gasteiger partial charge in [0.05, 0.1) is 34.1 Å². The van der Waals surface area contributed by atoms with Crippen LogP contribution in [0, 0.1) is 0 Å². The molecule has 1 aromatic carbocycles. The minimum atomic E-state index is -4.47. The van der Waals surface area contributed by atoms with Crippen LogP contribution in [0.15, 0.2) is 65.3 Å². The van der Waals surface area contributed by atoms with E-state index in [1.165, 1.54) is 24.3 Å². The standard InChI is InChI=1S/C33H29F3N4O5/c1-2-21-10-12-23-29-28(31(42)40(21)23)27(24-13-14-25(45-24)30(41)38-17-19-4-3-15-37-16-19)26(32(43)44)22(39-29)11-7-18-5-8-20(9-6-18)33(34,35)36/h3-6,8-9,13-16,21,23H,2,7,10-12,17H2,1H3,(H,38,41)(H,43,44)/t21?,23-/m0/s1. The Morgan fingerprint density at radius 2 is 1.82 bits per heavy atom. The summed E-state index contributed by atoms with van der Waals surface area (Å²) < 4.78 is 45.1. The van der Waals surface area contributed by atoms with Gasteiger partial charge in [-0.15, -0.1) is 0 Å². The van der Waals surface area contributed by atoms with Crippen molar-refractivity contribution in [2.45, 2.75) is 63.8 Å². The number of hydrogen-bond donors (Lipinski definition) is 2. The van der Waals surface area contributed by atoms with Crippen LogP contribution in [0.2, 0.25) is 0 Å². The highest BCUT2D eigenvalue weighted by Crippen LogP contribution is 2.48. The first-order chi connectivity index (χ1) is 21.6. The third-order valence-electron chi connectivity index (χ3n) is 8.44. The van der Waals surface area contributed by atoms with Crippen LogP contribution >= 0.6 is 0 Å². The molecule has 1 saturated heterocycles. The zero-order chi connectivity index (χ0) is 31.9. The summed E-state index contributed by atoms with van der Waals surface area (Å²) in [5.74, 6) is -2.24. The Morgan fingerprint density at radius 3 is 2.49 bits per heavy atom. The van der Waals surface area contributed by atoms with Gasteiger partial charge in [-0.1, -0.05) is 25.1 Å². The van der Waals surface area contributed by atoms with E-state index in [9.17, 15) is 32.7 Å². The molecule has 2 aliphatic rings. The number of pyridine rings is 2. The first-order valence-corrected chi connectivity index (χ1v) is 14.6. The number of carbonyl (C=O) groups excluding carboxylic acids is 2. The van der Waals surface area contributed by atoms with Gasteiger partial charge in [-0.25, -0.2) is 4.79 Å². The van der Waals surface area contributed by atoms with Crippen LogP contribution in [-0.4, -0.2) is 43.8 Å². The maximum atomic E-state index is 13.9. The molecule has 0 radical (unpaired) electrons. The number of halogens is 3. The fraction of sp³-hybridized carbons (Fsp3) is 0.303. The number of nitrogens with one attached hydrogen (secondary N) is 1. The summed E-state index contributed by atoms with van der Waals surface area (Å²) in [5, 5.41) is 13.2. The predicted octanol–water partition coefficient (Wildman–Crippen LogP) is 6.24. The number of carboxylic acids is 1. The number of furan rings is 1. The van der Waals surface area contributed by atoms with E-state index in [4.69, 9.17) is 9.40 Å². The van der Waals surface area contributed by atoms with E-state index in [0.29, 0.717) is 17.7 Å². The molecule has 1 unspecified atom stereocenters. The van der Waals surface area contributed by atoms with Crippen molar-refractivity contribution in [1.29, 1.82) is 0 Å². The summed E-state index contributed by atoms with van der Waals surface area (Å²) >= 11 is 0. The molecule has 3 aromatic heterocycles. The monoisotopic (exact) mass is 618 g/mol. The van der Waals surface area contributed by atoms with E-state index in [0.717, 1.165) is 30.5 Å². The van der Waals surface area contributed by atoms with Gasteiger partial charge in [-0.2, -0.15) is 13.2 Å². The summed E-state index contributed by atoms with van der Waals surface area (Å²) in [6.45, 7) is 2.17. The van der Waals surface area contributed by atoms with Crippen LogP contribution in [-0.2, 0) is 25.6 Å². The fourth-order valence-corrected chi connectivity index (χ4v) is 6.25. The largest absolute Gasteiger partial charge is 0.478 e. The number of aromatic carboxylic acids is 1. The van der Waals surface area contributed by atoms with Gasteiger partial charge in [0.2, 0.25) is 0 Å². The van der Waals surface area contributed by atoms with Crippen molar-refractivity contribution in [3.8, 4) is 11.3 Å². The summed E-state index contributed by atoms with van der Waals surface area (Å²) in [6.07, 6.45) is 1.22. The number of carboxylic acid groups (broad SMARTS) is 1. The van der Waals surface area contributed by atoms with E-state index in [-0.39, 0.29) is 71.3 Å². The van der Waals surface area contributed by atoms with E-state index < -0.39 is 23.6 Å². The number of nitrogens with zero attached hydrogens (tertiary/aromatic N) is 3. The molecule has 6 rings (SSSR count). The number of hydrogen-bond acceptors (Lipinski definition) is 6. The summed E-state index contributed by atoms with van der Waals surface area (Å²) in [5.41, 5.74) is 1.16. The first kappa shape index (κ1) is 30.0. The molecule has 45 heavy (non-hydrogen) atoms. The van der Waals surface area contributed by atoms with Crippen molar-refractivity contribution >= 4 is 17.8 Å². The third-order valence-corrected chi connectivity index (χ3v) is 8.44. The van der Waals surface area contributed by atoms with Crippen molar-refractivity contribution in [3.63, 3.8) is 0 Å². The molecule has 0 saturated carbocycles. The molecule has 2 amide bonds. The van der Waals surface area contributed by atoms with Crippen LogP contribution in [0.3, 0.4) is 0 Å². The Bertz CT molecular complexity index is 1770. The second-order valence-corrected chi connectivity index (χ2v) is 11.1. The molecule has 2 atom stereocenters. The first-order valence-electron chi connectivity index (χ1n) is 14.6. The molecule has 12 heteroatoms. The molecule has 1 fully saturated rings. The lowest BCUT2D eigenvalue weighted by molar-refractivity contribution is -0.137. The molecular formula is C33H29F3N4O5. The van der Waals surface area contributed by atoms with Crippen LogP contribution in [0.4, 0.5) is 13.2 Å². The molecule has 2 aliphatic heterocycles. The van der Waals surface area contributed by atoms with Gasteiger partial charge in [-0.05, 0) is 73.6 Å². The van der Waals surface area contributed by atoms with Gasteiger partial charge in [0.1, 0.15) is 5.76 Å². The zero-order valence-corrected chi connectivity index (χ0v) is 24.2. The predicted molar refractivity (Wildman–Crippen MR) is 155 cm³/mol.